The van der Waals surface area contributed by atoms with Crippen molar-refractivity contribution in [2.24, 2.45) is 9.98 Å². The first kappa shape index (κ1) is 35.0. The van der Waals surface area contributed by atoms with Gasteiger partial charge in [0.15, 0.2) is 12.0 Å². The fraction of sp³-hybridized carbons (Fsp3) is 0.0566. The lowest BCUT2D eigenvalue weighted by Crippen LogP contribution is -2.35. The average molecular weight is 748 g/mol. The zero-order valence-corrected chi connectivity index (χ0v) is 32.4. The molecule has 0 saturated heterocycles. The molecule has 0 spiro atoms. The molecule has 0 amide bonds. The van der Waals surface area contributed by atoms with E-state index >= 15 is 0 Å². The summed E-state index contributed by atoms with van der Waals surface area (Å²) in [6, 6.07) is 70.8. The first-order valence-electron chi connectivity index (χ1n) is 19.8. The molecule has 278 valence electrons. The molecule has 0 aliphatic carbocycles. The second-order valence-electron chi connectivity index (χ2n) is 14.9. The van der Waals surface area contributed by atoms with Crippen molar-refractivity contribution in [3.63, 3.8) is 0 Å². The molecule has 2 heterocycles. The summed E-state index contributed by atoms with van der Waals surface area (Å²) in [5.41, 5.74) is 14.5. The first-order valence-corrected chi connectivity index (χ1v) is 19.8. The van der Waals surface area contributed by atoms with Gasteiger partial charge in [0, 0.05) is 51.6 Å². The number of aliphatic imine (C=N–C) groups is 2. The number of fused-ring (bicyclic) bond motifs is 3. The Labute approximate surface area is 338 Å². The van der Waals surface area contributed by atoms with Crippen molar-refractivity contribution in [2.75, 3.05) is 12.4 Å². The molecule has 10 rings (SSSR count). The Morgan fingerprint density at radius 1 is 0.500 bits per heavy atom. The summed E-state index contributed by atoms with van der Waals surface area (Å²) in [5.74, 6) is 1.61. The predicted molar refractivity (Wildman–Crippen MR) is 243 cm³/mol. The highest BCUT2D eigenvalue weighted by molar-refractivity contribution is 6.13. The maximum absolute atomic E-state index is 5.23. The van der Waals surface area contributed by atoms with Crippen LogP contribution in [-0.2, 0) is 0 Å². The molecule has 1 aliphatic rings. The van der Waals surface area contributed by atoms with Gasteiger partial charge in [-0.25, -0.2) is 9.98 Å². The van der Waals surface area contributed by atoms with E-state index in [-0.39, 0.29) is 6.17 Å². The van der Waals surface area contributed by atoms with Gasteiger partial charge in [0.1, 0.15) is 5.84 Å². The normalized spacial score (nSPS) is 14.0. The highest BCUT2D eigenvalue weighted by atomic mass is 15.3. The summed E-state index contributed by atoms with van der Waals surface area (Å²) in [5, 5.41) is 6.34. The molecule has 1 aliphatic heterocycles. The Bertz CT molecular complexity index is 2960. The van der Waals surface area contributed by atoms with E-state index in [0.717, 1.165) is 62.1 Å². The first-order chi connectivity index (χ1) is 28.6. The third kappa shape index (κ3) is 6.43. The number of nitrogens with one attached hydrogen (secondary N) is 1. The number of aryl methyl sites for hydroxylation is 1. The van der Waals surface area contributed by atoms with E-state index in [2.05, 4.69) is 205 Å². The zero-order chi connectivity index (χ0) is 39.0. The van der Waals surface area contributed by atoms with Crippen molar-refractivity contribution in [2.45, 2.75) is 13.1 Å². The van der Waals surface area contributed by atoms with Crippen molar-refractivity contribution in [3.8, 4) is 27.9 Å². The molecule has 1 unspecified atom stereocenters. The van der Waals surface area contributed by atoms with Gasteiger partial charge in [-0.15, -0.1) is 0 Å². The minimum Gasteiger partial charge on any atom is -0.355 e. The molecule has 0 bridgehead atoms. The molecule has 5 nitrogen and oxygen atoms in total. The van der Waals surface area contributed by atoms with Crippen molar-refractivity contribution in [1.29, 1.82) is 0 Å². The second-order valence-corrected chi connectivity index (χ2v) is 14.9. The highest BCUT2D eigenvalue weighted by Gasteiger charge is 2.27. The van der Waals surface area contributed by atoms with Crippen LogP contribution in [-0.4, -0.2) is 28.2 Å². The van der Waals surface area contributed by atoms with E-state index < -0.39 is 0 Å². The Kier molecular flexibility index (Phi) is 8.96. The largest absolute Gasteiger partial charge is 0.355 e. The Morgan fingerprint density at radius 3 is 1.86 bits per heavy atom. The quantitative estimate of drug-likeness (QED) is 0.168. The van der Waals surface area contributed by atoms with Crippen LogP contribution in [0.5, 0.6) is 0 Å². The molecule has 5 heteroatoms. The molecule has 9 aromatic rings. The standard InChI is InChI=1S/C53H41N5/c1-36-17-9-10-26-44(36)47-35-40(39-22-16-25-43(34-39)58-49-29-13-11-27-45(49)46-28-12-14-30-50(46)58)31-32-48(47)54-42-24-15-23-41(33-42)53-56-51(37-18-5-3-6-19-37)55-52(57(53)2)38-20-7-4-8-21-38/h3-35,53-54H,1-2H3. The van der Waals surface area contributed by atoms with Gasteiger partial charge in [-0.05, 0) is 83.3 Å². The fourth-order valence-electron chi connectivity index (χ4n) is 8.29. The van der Waals surface area contributed by atoms with Gasteiger partial charge in [0.25, 0.3) is 0 Å². The molecule has 0 radical (unpaired) electrons. The third-order valence-corrected chi connectivity index (χ3v) is 11.2. The molecule has 58 heavy (non-hydrogen) atoms. The summed E-state index contributed by atoms with van der Waals surface area (Å²) >= 11 is 0. The van der Waals surface area contributed by atoms with Gasteiger partial charge >= 0.3 is 0 Å². The summed E-state index contributed by atoms with van der Waals surface area (Å²) in [7, 11) is 2.08. The van der Waals surface area contributed by atoms with Crippen LogP contribution in [0.1, 0.15) is 28.4 Å². The topological polar surface area (TPSA) is 44.9 Å². The van der Waals surface area contributed by atoms with Crippen molar-refractivity contribution >= 4 is 44.9 Å². The monoisotopic (exact) mass is 747 g/mol. The number of para-hydroxylation sites is 2. The van der Waals surface area contributed by atoms with Crippen LogP contribution in [0.15, 0.2) is 210 Å². The molecule has 1 aromatic heterocycles. The van der Waals surface area contributed by atoms with Crippen LogP contribution in [0.4, 0.5) is 11.4 Å². The summed E-state index contributed by atoms with van der Waals surface area (Å²) < 4.78 is 2.38. The molecule has 1 atom stereocenters. The van der Waals surface area contributed by atoms with E-state index in [1.54, 1.807) is 0 Å². The van der Waals surface area contributed by atoms with Crippen LogP contribution in [0, 0.1) is 6.92 Å². The van der Waals surface area contributed by atoms with Crippen LogP contribution in [0.25, 0.3) is 49.7 Å². The van der Waals surface area contributed by atoms with E-state index in [1.165, 1.54) is 32.9 Å². The van der Waals surface area contributed by atoms with Crippen LogP contribution < -0.4 is 5.32 Å². The number of rotatable bonds is 8. The Morgan fingerprint density at radius 2 is 1.12 bits per heavy atom. The molecular weight excluding hydrogens is 707 g/mol. The number of nitrogens with zero attached hydrogens (tertiary/aromatic N) is 4. The number of hydrogen-bond acceptors (Lipinski definition) is 4. The summed E-state index contributed by atoms with van der Waals surface area (Å²) in [4.78, 5) is 12.5. The lowest BCUT2D eigenvalue weighted by atomic mass is 9.94. The number of hydrogen-bond donors (Lipinski definition) is 1. The van der Waals surface area contributed by atoms with Gasteiger partial charge in [0.05, 0.1) is 11.0 Å². The molecule has 0 saturated carbocycles. The van der Waals surface area contributed by atoms with Gasteiger partial charge in [0.2, 0.25) is 0 Å². The number of benzene rings is 8. The van der Waals surface area contributed by atoms with Gasteiger partial charge < -0.3 is 14.8 Å². The Hall–Kier alpha value is -7.50. The Balaban J connectivity index is 1.03. The van der Waals surface area contributed by atoms with Crippen LogP contribution in [0.2, 0.25) is 0 Å². The van der Waals surface area contributed by atoms with Gasteiger partial charge in [-0.3, -0.25) is 0 Å². The van der Waals surface area contributed by atoms with Crippen molar-refractivity contribution in [1.82, 2.24) is 9.47 Å². The zero-order valence-electron chi connectivity index (χ0n) is 32.4. The predicted octanol–water partition coefficient (Wildman–Crippen LogP) is 13.0. The van der Waals surface area contributed by atoms with E-state index in [0.29, 0.717) is 0 Å². The summed E-state index contributed by atoms with van der Waals surface area (Å²) in [6.07, 6.45) is -0.273. The number of amidine groups is 2. The molecule has 1 N–H and O–H groups in total. The van der Waals surface area contributed by atoms with Crippen LogP contribution >= 0.6 is 0 Å². The molecule has 0 fully saturated rings. The summed E-state index contributed by atoms with van der Waals surface area (Å²) in [6.45, 7) is 2.18. The maximum Gasteiger partial charge on any atom is 0.159 e. The molecule has 8 aromatic carbocycles. The second kappa shape index (κ2) is 14.9. The maximum atomic E-state index is 5.23. The third-order valence-electron chi connectivity index (χ3n) is 11.2. The lowest BCUT2D eigenvalue weighted by Gasteiger charge is -2.32. The minimum atomic E-state index is -0.273. The van der Waals surface area contributed by atoms with Crippen LogP contribution in [0.3, 0.4) is 0 Å². The van der Waals surface area contributed by atoms with E-state index in [1.807, 2.05) is 24.3 Å². The van der Waals surface area contributed by atoms with E-state index in [4.69, 9.17) is 9.98 Å². The molecular formula is C53H41N5. The smallest absolute Gasteiger partial charge is 0.159 e. The lowest BCUT2D eigenvalue weighted by molar-refractivity contribution is 0.383. The highest BCUT2D eigenvalue weighted by Crippen LogP contribution is 2.39. The van der Waals surface area contributed by atoms with E-state index in [9.17, 15) is 0 Å². The average Bonchev–Trinajstić information content (AvgIpc) is 3.62. The minimum absolute atomic E-state index is 0.273. The van der Waals surface area contributed by atoms with Crippen molar-refractivity contribution < 1.29 is 0 Å². The van der Waals surface area contributed by atoms with Gasteiger partial charge in [-0.1, -0.05) is 152 Å². The SMILES string of the molecule is Cc1ccccc1-c1cc(-c2cccc(-n3c4ccccc4c4ccccc43)c2)ccc1Nc1cccc(C2N=C(c3ccccc3)N=C(c3ccccc3)N2C)c1. The number of aromatic nitrogens is 1. The fourth-order valence-corrected chi connectivity index (χ4v) is 8.29. The van der Waals surface area contributed by atoms with Gasteiger partial charge in [-0.2, -0.15) is 0 Å². The number of anilines is 2. The van der Waals surface area contributed by atoms with Crippen molar-refractivity contribution in [3.05, 3.63) is 222 Å².